The molecule has 90 valence electrons. The van der Waals surface area contributed by atoms with Gasteiger partial charge in [-0.25, -0.2) is 8.42 Å². The topological polar surface area (TPSA) is 79.3 Å². The Morgan fingerprint density at radius 2 is 2.25 bits per heavy atom. The van der Waals surface area contributed by atoms with Gasteiger partial charge < -0.3 is 10.4 Å². The van der Waals surface area contributed by atoms with Gasteiger partial charge in [0.15, 0.2) is 0 Å². The number of hydrogen-bond donors (Lipinski definition) is 2. The summed E-state index contributed by atoms with van der Waals surface area (Å²) in [6.07, 6.45) is 4.35. The quantitative estimate of drug-likeness (QED) is 0.784. The van der Waals surface area contributed by atoms with Gasteiger partial charge in [-0.15, -0.1) is 0 Å². The largest absolute Gasteiger partial charge is 0.392 e. The van der Waals surface area contributed by atoms with E-state index >= 15 is 0 Å². The van der Waals surface area contributed by atoms with Gasteiger partial charge in [0.1, 0.15) is 9.84 Å². The molecule has 0 aliphatic heterocycles. The third-order valence-corrected chi connectivity index (χ3v) is 3.14. The third-order valence-electron chi connectivity index (χ3n) is 2.04. The van der Waals surface area contributed by atoms with Crippen LogP contribution in [0.25, 0.3) is 0 Å². The summed E-state index contributed by atoms with van der Waals surface area (Å²) in [5.74, 6) is 0.0484. The first-order valence-electron chi connectivity index (χ1n) is 4.90. The van der Waals surface area contributed by atoms with Crippen LogP contribution >= 0.6 is 0 Å². The Labute approximate surface area is 95.4 Å². The molecule has 0 aliphatic carbocycles. The zero-order valence-electron chi connectivity index (χ0n) is 9.34. The zero-order valence-corrected chi connectivity index (χ0v) is 10.2. The highest BCUT2D eigenvalue weighted by Crippen LogP contribution is 2.14. The van der Waals surface area contributed by atoms with E-state index in [1.54, 1.807) is 25.4 Å². The van der Waals surface area contributed by atoms with Crippen LogP contribution in [0.15, 0.2) is 18.5 Å². The van der Waals surface area contributed by atoms with Crippen molar-refractivity contribution >= 4 is 15.5 Å². The van der Waals surface area contributed by atoms with Crippen molar-refractivity contribution in [2.24, 2.45) is 0 Å². The van der Waals surface area contributed by atoms with Gasteiger partial charge >= 0.3 is 0 Å². The van der Waals surface area contributed by atoms with Crippen LogP contribution in [-0.2, 0) is 16.4 Å². The van der Waals surface area contributed by atoms with Gasteiger partial charge in [0.05, 0.1) is 24.2 Å². The highest BCUT2D eigenvalue weighted by atomic mass is 32.2. The molecule has 0 radical (unpaired) electrons. The molecule has 0 amide bonds. The highest BCUT2D eigenvalue weighted by molar-refractivity contribution is 7.90. The van der Waals surface area contributed by atoms with Gasteiger partial charge in [-0.1, -0.05) is 0 Å². The minimum absolute atomic E-state index is 0.0484. The SMILES string of the molecule is CC(CS(C)(=O)=O)Nc1cnccc1CO. The molecule has 16 heavy (non-hydrogen) atoms. The molecule has 1 heterocycles. The normalized spacial score (nSPS) is 13.4. The Morgan fingerprint density at radius 3 is 2.81 bits per heavy atom. The molecular weight excluding hydrogens is 228 g/mol. The van der Waals surface area contributed by atoms with Crippen molar-refractivity contribution in [1.29, 1.82) is 0 Å². The summed E-state index contributed by atoms with van der Waals surface area (Å²) in [5.41, 5.74) is 1.37. The van der Waals surface area contributed by atoms with Gasteiger partial charge in [-0.3, -0.25) is 4.98 Å². The summed E-state index contributed by atoms with van der Waals surface area (Å²) in [5, 5.41) is 12.1. The summed E-state index contributed by atoms with van der Waals surface area (Å²) in [6, 6.07) is 1.47. The van der Waals surface area contributed by atoms with Crippen molar-refractivity contribution in [3.8, 4) is 0 Å². The van der Waals surface area contributed by atoms with Crippen molar-refractivity contribution in [2.75, 3.05) is 17.3 Å². The number of anilines is 1. The van der Waals surface area contributed by atoms with Crippen LogP contribution in [0.4, 0.5) is 5.69 Å². The van der Waals surface area contributed by atoms with Crippen LogP contribution in [0.3, 0.4) is 0 Å². The lowest BCUT2D eigenvalue weighted by atomic mass is 10.2. The van der Waals surface area contributed by atoms with Crippen LogP contribution in [-0.4, -0.2) is 36.6 Å². The third kappa shape index (κ3) is 4.16. The molecular formula is C10H16N2O3S. The predicted molar refractivity (Wildman–Crippen MR) is 63.0 cm³/mol. The van der Waals surface area contributed by atoms with Crippen LogP contribution in [0.5, 0.6) is 0 Å². The molecule has 0 spiro atoms. The molecule has 1 aromatic rings. The fraction of sp³-hybridized carbons (Fsp3) is 0.500. The molecule has 1 unspecified atom stereocenters. The van der Waals surface area contributed by atoms with Crippen molar-refractivity contribution in [3.05, 3.63) is 24.0 Å². The van der Waals surface area contributed by atoms with Crippen LogP contribution in [0.2, 0.25) is 0 Å². The van der Waals surface area contributed by atoms with E-state index in [1.807, 2.05) is 0 Å². The maximum absolute atomic E-state index is 11.1. The summed E-state index contributed by atoms with van der Waals surface area (Å²) in [4.78, 5) is 3.92. The summed E-state index contributed by atoms with van der Waals surface area (Å²) < 4.78 is 22.2. The molecule has 1 aromatic heterocycles. The van der Waals surface area contributed by atoms with Gasteiger partial charge in [-0.05, 0) is 13.0 Å². The van der Waals surface area contributed by atoms with E-state index in [-0.39, 0.29) is 18.4 Å². The van der Waals surface area contributed by atoms with E-state index in [9.17, 15) is 8.42 Å². The number of pyridine rings is 1. The minimum Gasteiger partial charge on any atom is -0.392 e. The van der Waals surface area contributed by atoms with Crippen LogP contribution < -0.4 is 5.32 Å². The summed E-state index contributed by atoms with van der Waals surface area (Å²) in [6.45, 7) is 1.67. The predicted octanol–water partition coefficient (Wildman–Crippen LogP) is 0.419. The summed E-state index contributed by atoms with van der Waals surface area (Å²) >= 11 is 0. The fourth-order valence-corrected chi connectivity index (χ4v) is 2.44. The Bertz CT molecular complexity index is 445. The smallest absolute Gasteiger partial charge is 0.149 e. The Kier molecular flexibility index (Phi) is 4.26. The van der Waals surface area contributed by atoms with E-state index in [0.717, 1.165) is 0 Å². The lowest BCUT2D eigenvalue weighted by Gasteiger charge is -2.16. The van der Waals surface area contributed by atoms with Crippen molar-refractivity contribution in [2.45, 2.75) is 19.6 Å². The Balaban J connectivity index is 2.73. The van der Waals surface area contributed by atoms with E-state index in [4.69, 9.17) is 5.11 Å². The van der Waals surface area contributed by atoms with Gasteiger partial charge in [0.25, 0.3) is 0 Å². The average molecular weight is 244 g/mol. The fourth-order valence-electron chi connectivity index (χ4n) is 1.45. The first kappa shape index (κ1) is 12.9. The molecule has 0 aromatic carbocycles. The highest BCUT2D eigenvalue weighted by Gasteiger charge is 2.11. The van der Waals surface area contributed by atoms with E-state index in [0.29, 0.717) is 11.3 Å². The van der Waals surface area contributed by atoms with Gasteiger partial charge in [0, 0.05) is 24.1 Å². The molecule has 1 atom stereocenters. The standard InChI is InChI=1S/C10H16N2O3S/c1-8(7-16(2,14)15)12-10-5-11-4-3-9(10)6-13/h3-5,8,12-13H,6-7H2,1-2H3. The first-order valence-corrected chi connectivity index (χ1v) is 6.96. The second kappa shape index (κ2) is 5.27. The lowest BCUT2D eigenvalue weighted by molar-refractivity contribution is 0.282. The molecule has 2 N–H and O–H groups in total. The van der Waals surface area contributed by atoms with E-state index in [2.05, 4.69) is 10.3 Å². The monoisotopic (exact) mass is 244 g/mol. The second-order valence-electron chi connectivity index (χ2n) is 3.83. The van der Waals surface area contributed by atoms with E-state index in [1.165, 1.54) is 6.26 Å². The number of hydrogen-bond acceptors (Lipinski definition) is 5. The number of aliphatic hydroxyl groups is 1. The van der Waals surface area contributed by atoms with Crippen molar-refractivity contribution < 1.29 is 13.5 Å². The average Bonchev–Trinajstić information content (AvgIpc) is 2.15. The van der Waals surface area contributed by atoms with Gasteiger partial charge in [0.2, 0.25) is 0 Å². The number of nitrogens with zero attached hydrogens (tertiary/aromatic N) is 1. The maximum Gasteiger partial charge on any atom is 0.149 e. The number of nitrogens with one attached hydrogen (secondary N) is 1. The maximum atomic E-state index is 11.1. The Hall–Kier alpha value is -1.14. The molecule has 0 saturated heterocycles. The number of rotatable bonds is 5. The van der Waals surface area contributed by atoms with E-state index < -0.39 is 9.84 Å². The number of sulfone groups is 1. The molecule has 0 fully saturated rings. The molecule has 1 rings (SSSR count). The second-order valence-corrected chi connectivity index (χ2v) is 6.01. The molecule has 0 saturated carbocycles. The Morgan fingerprint density at radius 1 is 1.56 bits per heavy atom. The molecule has 6 heteroatoms. The van der Waals surface area contributed by atoms with Crippen LogP contribution in [0.1, 0.15) is 12.5 Å². The number of aliphatic hydroxyl groups excluding tert-OH is 1. The summed E-state index contributed by atoms with van der Waals surface area (Å²) in [7, 11) is -3.01. The number of aromatic nitrogens is 1. The van der Waals surface area contributed by atoms with Crippen molar-refractivity contribution in [3.63, 3.8) is 0 Å². The zero-order chi connectivity index (χ0) is 12.2. The first-order chi connectivity index (χ1) is 7.42. The lowest BCUT2D eigenvalue weighted by Crippen LogP contribution is -2.25. The molecule has 0 bridgehead atoms. The molecule has 5 nitrogen and oxygen atoms in total. The minimum atomic E-state index is -3.01. The molecule has 0 aliphatic rings. The van der Waals surface area contributed by atoms with Crippen molar-refractivity contribution in [1.82, 2.24) is 4.98 Å². The van der Waals surface area contributed by atoms with Crippen LogP contribution in [0, 0.1) is 0 Å². The van der Waals surface area contributed by atoms with Gasteiger partial charge in [-0.2, -0.15) is 0 Å².